The third kappa shape index (κ3) is 5.94. The molecule has 3 rings (SSSR count). The Balaban J connectivity index is 1.70. The van der Waals surface area contributed by atoms with Crippen LogP contribution in [0.1, 0.15) is 25.0 Å². The number of amides is 2. The van der Waals surface area contributed by atoms with Crippen LogP contribution in [0.5, 0.6) is 0 Å². The van der Waals surface area contributed by atoms with Crippen LogP contribution in [-0.4, -0.2) is 70.2 Å². The predicted molar refractivity (Wildman–Crippen MR) is 108 cm³/mol. The summed E-state index contributed by atoms with van der Waals surface area (Å²) >= 11 is 0. The molecule has 1 fully saturated rings. The Bertz CT molecular complexity index is 872. The molecule has 2 aliphatic heterocycles. The smallest absolute Gasteiger partial charge is 0.395 e. The summed E-state index contributed by atoms with van der Waals surface area (Å²) in [4.78, 5) is 22.4. The number of hydrogen-bond acceptors (Lipinski definition) is 7. The fourth-order valence-electron chi connectivity index (χ4n) is 3.69. The van der Waals surface area contributed by atoms with Crippen molar-refractivity contribution >= 4 is 23.8 Å². The van der Waals surface area contributed by atoms with E-state index in [-0.39, 0.29) is 24.6 Å². The van der Waals surface area contributed by atoms with Crippen LogP contribution in [0.4, 0.5) is 23.9 Å². The second-order valence-corrected chi connectivity index (χ2v) is 7.19. The lowest BCUT2D eigenvalue weighted by Crippen LogP contribution is -2.50. The van der Waals surface area contributed by atoms with E-state index in [1.165, 1.54) is 11.1 Å². The monoisotopic (exact) mass is 439 g/mol. The molecule has 0 radical (unpaired) electrons. The van der Waals surface area contributed by atoms with Crippen molar-refractivity contribution in [1.29, 1.82) is 5.41 Å². The number of carbonyl (C=O) groups is 1. The third-order valence-electron chi connectivity index (χ3n) is 4.98. The number of nitrogens with zero attached hydrogens (tertiary/aromatic N) is 3. The van der Waals surface area contributed by atoms with Gasteiger partial charge in [-0.05, 0) is 30.9 Å². The van der Waals surface area contributed by atoms with Crippen molar-refractivity contribution in [2.75, 3.05) is 25.0 Å². The molecular formula is C19H24F3N7O2. The maximum absolute atomic E-state index is 12.4. The van der Waals surface area contributed by atoms with Crippen molar-refractivity contribution in [3.8, 4) is 0 Å². The van der Waals surface area contributed by atoms with E-state index in [0.717, 1.165) is 11.8 Å². The van der Waals surface area contributed by atoms with Gasteiger partial charge in [0.1, 0.15) is 6.54 Å². The summed E-state index contributed by atoms with van der Waals surface area (Å²) < 4.78 is 37.3. The molecule has 0 spiro atoms. The molecule has 1 saturated heterocycles. The number of rotatable bonds is 8. The minimum absolute atomic E-state index is 0.0461. The second kappa shape index (κ2) is 9.77. The predicted octanol–water partition coefficient (Wildman–Crippen LogP) is 1.85. The first-order valence-electron chi connectivity index (χ1n) is 9.79. The zero-order valence-corrected chi connectivity index (χ0v) is 16.6. The van der Waals surface area contributed by atoms with Gasteiger partial charge in [-0.25, -0.2) is 14.8 Å². The highest BCUT2D eigenvalue weighted by atomic mass is 19.4. The maximum atomic E-state index is 12.4. The van der Waals surface area contributed by atoms with Crippen molar-refractivity contribution in [3.05, 3.63) is 35.9 Å². The van der Waals surface area contributed by atoms with Crippen LogP contribution >= 0.6 is 0 Å². The Kier molecular flexibility index (Phi) is 7.10. The van der Waals surface area contributed by atoms with Crippen LogP contribution in [0.15, 0.2) is 30.2 Å². The van der Waals surface area contributed by atoms with E-state index in [1.807, 2.05) is 11.4 Å². The first kappa shape index (κ1) is 22.5. The number of allylic oxidation sites excluding steroid dienone is 1. The molecule has 12 heteroatoms. The van der Waals surface area contributed by atoms with Crippen molar-refractivity contribution < 1.29 is 23.1 Å². The largest absolute Gasteiger partial charge is 0.405 e. The fourth-order valence-corrected chi connectivity index (χ4v) is 3.69. The van der Waals surface area contributed by atoms with Gasteiger partial charge in [-0.3, -0.25) is 0 Å². The number of hydrogen-bond donors (Lipinski definition) is 5. The van der Waals surface area contributed by atoms with Crippen LogP contribution in [0.2, 0.25) is 0 Å². The molecular weight excluding hydrogens is 415 g/mol. The van der Waals surface area contributed by atoms with Gasteiger partial charge in [-0.15, -0.1) is 0 Å². The van der Waals surface area contributed by atoms with E-state index in [4.69, 9.17) is 10.5 Å². The lowest BCUT2D eigenvalue weighted by Gasteiger charge is -2.34. The standard InChI is InChI=1S/C19H24F3N7O2/c20-19(21,22)11-26-18(31)29-14-1-2-15(29)8-12(7-14)16-3-4-25-17(28-16)27-13(9-23)10-24-5-6-30/h3-4,7,9-10,14-15,23-24,30H,1-2,5-6,8,11H2,(H,26,31)(H,25,27,28)/b13-10+,23-9?. The van der Waals surface area contributed by atoms with Crippen molar-refractivity contribution in [2.24, 2.45) is 0 Å². The van der Waals surface area contributed by atoms with Gasteiger partial charge < -0.3 is 31.4 Å². The number of carbonyl (C=O) groups excluding carboxylic acids is 1. The second-order valence-electron chi connectivity index (χ2n) is 7.19. The summed E-state index contributed by atoms with van der Waals surface area (Å²) in [6.07, 6.45) is 3.47. The number of aliphatic hydroxyl groups is 1. The minimum Gasteiger partial charge on any atom is -0.395 e. The number of nitrogens with one attached hydrogen (secondary N) is 4. The van der Waals surface area contributed by atoms with E-state index >= 15 is 0 Å². The lowest BCUT2D eigenvalue weighted by atomic mass is 9.98. The number of halogens is 3. The summed E-state index contributed by atoms with van der Waals surface area (Å²) in [5.74, 6) is 0.275. The van der Waals surface area contributed by atoms with Gasteiger partial charge in [0.2, 0.25) is 5.95 Å². The average molecular weight is 439 g/mol. The highest BCUT2D eigenvalue weighted by Gasteiger charge is 2.41. The number of fused-ring (bicyclic) bond motifs is 2. The highest BCUT2D eigenvalue weighted by Crippen LogP contribution is 2.38. The zero-order chi connectivity index (χ0) is 22.4. The lowest BCUT2D eigenvalue weighted by molar-refractivity contribution is -0.123. The van der Waals surface area contributed by atoms with E-state index in [1.54, 1.807) is 12.3 Å². The highest BCUT2D eigenvalue weighted by molar-refractivity contribution is 5.80. The summed E-state index contributed by atoms with van der Waals surface area (Å²) in [6, 6.07) is 0.548. The average Bonchev–Trinajstić information content (AvgIpc) is 3.00. The quantitative estimate of drug-likeness (QED) is 0.311. The zero-order valence-electron chi connectivity index (χ0n) is 16.6. The number of urea groups is 1. The topological polar surface area (TPSA) is 126 Å². The van der Waals surface area contributed by atoms with Crippen LogP contribution in [-0.2, 0) is 0 Å². The molecule has 2 unspecified atom stereocenters. The van der Waals surface area contributed by atoms with E-state index < -0.39 is 18.8 Å². The van der Waals surface area contributed by atoms with Gasteiger partial charge in [-0.1, -0.05) is 6.08 Å². The molecule has 9 nitrogen and oxygen atoms in total. The molecule has 1 aromatic heterocycles. The molecule has 5 N–H and O–H groups in total. The number of anilines is 1. The van der Waals surface area contributed by atoms with Crippen molar-refractivity contribution in [3.63, 3.8) is 0 Å². The molecule has 2 aliphatic rings. The summed E-state index contributed by atoms with van der Waals surface area (Å²) in [5.41, 5.74) is 1.95. The molecule has 2 amide bonds. The van der Waals surface area contributed by atoms with Crippen LogP contribution < -0.4 is 16.0 Å². The number of alkyl halides is 3. The molecule has 1 aromatic rings. The van der Waals surface area contributed by atoms with Crippen LogP contribution in [0, 0.1) is 5.41 Å². The van der Waals surface area contributed by atoms with Gasteiger partial charge in [-0.2, -0.15) is 13.2 Å². The fraction of sp³-hybridized carbons (Fsp3) is 0.474. The molecule has 168 valence electrons. The van der Waals surface area contributed by atoms with Gasteiger partial charge in [0.05, 0.1) is 24.0 Å². The Hall–Kier alpha value is -3.15. The molecule has 2 bridgehead atoms. The van der Waals surface area contributed by atoms with Crippen molar-refractivity contribution in [1.82, 2.24) is 25.5 Å². The van der Waals surface area contributed by atoms with Crippen molar-refractivity contribution in [2.45, 2.75) is 37.5 Å². The molecule has 31 heavy (non-hydrogen) atoms. The van der Waals surface area contributed by atoms with Gasteiger partial charge in [0, 0.05) is 31.2 Å². The van der Waals surface area contributed by atoms with Gasteiger partial charge >= 0.3 is 12.2 Å². The Morgan fingerprint density at radius 2 is 2.19 bits per heavy atom. The maximum Gasteiger partial charge on any atom is 0.405 e. The normalized spacial score (nSPS) is 20.8. The summed E-state index contributed by atoms with van der Waals surface area (Å²) in [7, 11) is 0. The number of aliphatic hydroxyl groups excluding tert-OH is 1. The Labute approximate surface area is 177 Å². The van der Waals surface area contributed by atoms with Gasteiger partial charge in [0.15, 0.2) is 0 Å². The van der Waals surface area contributed by atoms with Crippen LogP contribution in [0.3, 0.4) is 0 Å². The molecule has 3 heterocycles. The molecule has 0 aromatic carbocycles. The molecule has 2 atom stereocenters. The SMILES string of the molecule is N=C/C(=C\NCCO)Nc1nccc(C2=CC3CCC(C2)N3C(=O)NCC(F)(F)F)n1. The molecule has 0 saturated carbocycles. The number of aromatic nitrogens is 2. The first-order valence-corrected chi connectivity index (χ1v) is 9.79. The van der Waals surface area contributed by atoms with E-state index in [2.05, 4.69) is 20.6 Å². The minimum atomic E-state index is -4.45. The third-order valence-corrected chi connectivity index (χ3v) is 4.98. The summed E-state index contributed by atoms with van der Waals surface area (Å²) in [6.45, 7) is -1.06. The van der Waals surface area contributed by atoms with E-state index in [9.17, 15) is 18.0 Å². The van der Waals surface area contributed by atoms with Crippen LogP contribution in [0.25, 0.3) is 5.57 Å². The van der Waals surface area contributed by atoms with E-state index in [0.29, 0.717) is 37.2 Å². The first-order chi connectivity index (χ1) is 14.8. The van der Waals surface area contributed by atoms with Gasteiger partial charge in [0.25, 0.3) is 0 Å². The Morgan fingerprint density at radius 1 is 1.39 bits per heavy atom. The molecule has 0 aliphatic carbocycles. The summed E-state index contributed by atoms with van der Waals surface area (Å²) in [5, 5.41) is 24.0. The Morgan fingerprint density at radius 3 is 2.87 bits per heavy atom.